The Morgan fingerprint density at radius 2 is 1.66 bits per heavy atom. The van der Waals surface area contributed by atoms with Gasteiger partial charge in [-0.2, -0.15) is 4.72 Å². The summed E-state index contributed by atoms with van der Waals surface area (Å²) in [7, 11) is -0.848. The zero-order valence-electron chi connectivity index (χ0n) is 18.7. The van der Waals surface area contributed by atoms with Crippen molar-refractivity contribution >= 4 is 21.9 Å². The van der Waals surface area contributed by atoms with Crippen molar-refractivity contribution < 1.29 is 32.2 Å². The molecule has 0 radical (unpaired) electrons. The van der Waals surface area contributed by atoms with Crippen molar-refractivity contribution in [3.63, 3.8) is 0 Å². The van der Waals surface area contributed by atoms with Crippen LogP contribution >= 0.6 is 0 Å². The minimum Gasteiger partial charge on any atom is -0.493 e. The van der Waals surface area contributed by atoms with Crippen LogP contribution < -0.4 is 19.5 Å². The molecule has 0 bridgehead atoms. The number of amides is 1. The third kappa shape index (κ3) is 6.69. The van der Waals surface area contributed by atoms with Gasteiger partial charge in [-0.05, 0) is 61.7 Å². The lowest BCUT2D eigenvalue weighted by Crippen LogP contribution is -2.38. The minimum atomic E-state index is -3.88. The minimum absolute atomic E-state index is 0.0501. The van der Waals surface area contributed by atoms with Gasteiger partial charge in [-0.15, -0.1) is 0 Å². The van der Waals surface area contributed by atoms with Crippen LogP contribution in [-0.2, 0) is 30.9 Å². The molecule has 10 heteroatoms. The maximum atomic E-state index is 12.4. The van der Waals surface area contributed by atoms with Crippen molar-refractivity contribution in [2.75, 3.05) is 20.8 Å². The Morgan fingerprint density at radius 3 is 2.28 bits per heavy atom. The second kappa shape index (κ2) is 11.0. The molecule has 0 saturated heterocycles. The third-order valence-electron chi connectivity index (χ3n) is 4.79. The molecule has 1 amide bonds. The van der Waals surface area contributed by atoms with Gasteiger partial charge >= 0.3 is 5.97 Å². The topological polar surface area (TPSA) is 120 Å². The predicted octanol–water partition coefficient (Wildman–Crippen LogP) is 1.85. The molecule has 0 fully saturated rings. The van der Waals surface area contributed by atoms with Crippen molar-refractivity contribution in [1.29, 1.82) is 0 Å². The second-order valence-electron chi connectivity index (χ2n) is 7.11. The molecule has 0 spiro atoms. The van der Waals surface area contributed by atoms with E-state index in [1.807, 2.05) is 6.92 Å². The van der Waals surface area contributed by atoms with Gasteiger partial charge in [-0.3, -0.25) is 9.59 Å². The van der Waals surface area contributed by atoms with Crippen LogP contribution in [0.4, 0.5) is 0 Å². The average Bonchev–Trinajstić information content (AvgIpc) is 2.77. The lowest BCUT2D eigenvalue weighted by atomic mass is 10.1. The Bertz CT molecular complexity index is 1080. The van der Waals surface area contributed by atoms with Crippen molar-refractivity contribution in [2.45, 2.75) is 38.3 Å². The summed E-state index contributed by atoms with van der Waals surface area (Å²) in [6.07, 6.45) is -1.10. The first-order valence-electron chi connectivity index (χ1n) is 9.82. The quantitative estimate of drug-likeness (QED) is 0.515. The van der Waals surface area contributed by atoms with Crippen LogP contribution in [0.15, 0.2) is 41.3 Å². The molecular formula is C22H28N2O7S. The number of rotatable bonds is 10. The molecule has 0 aliphatic rings. The molecule has 0 saturated carbocycles. The lowest BCUT2D eigenvalue weighted by molar-refractivity contribution is -0.153. The molecule has 174 valence electrons. The van der Waals surface area contributed by atoms with Crippen LogP contribution in [0.1, 0.15) is 23.6 Å². The summed E-state index contributed by atoms with van der Waals surface area (Å²) in [5, 5.41) is 2.65. The van der Waals surface area contributed by atoms with Crippen molar-refractivity contribution in [3.8, 4) is 11.5 Å². The molecule has 0 aliphatic heterocycles. The summed E-state index contributed by atoms with van der Waals surface area (Å²) < 4.78 is 42.3. The Labute approximate surface area is 188 Å². The average molecular weight is 465 g/mol. The normalized spacial score (nSPS) is 12.0. The zero-order valence-corrected chi connectivity index (χ0v) is 19.5. The van der Waals surface area contributed by atoms with Crippen LogP contribution in [-0.4, -0.2) is 47.2 Å². The molecule has 0 heterocycles. The number of carbonyl (C=O) groups excluding carboxylic acids is 2. The standard InChI is InChI=1S/C22H28N2O7S/c1-14-6-8-18(10-15(14)2)32(27,28)24-13-21(25)31-16(3)22(26)23-12-17-7-9-19(29-4)20(11-17)30-5/h6-11,16,24H,12-13H2,1-5H3,(H,23,26). The van der Waals surface area contributed by atoms with Crippen LogP contribution in [0.3, 0.4) is 0 Å². The van der Waals surface area contributed by atoms with E-state index in [1.54, 1.807) is 31.2 Å². The van der Waals surface area contributed by atoms with Crippen LogP contribution in [0.5, 0.6) is 11.5 Å². The van der Waals surface area contributed by atoms with Gasteiger partial charge in [0, 0.05) is 6.54 Å². The van der Waals surface area contributed by atoms with E-state index >= 15 is 0 Å². The van der Waals surface area contributed by atoms with Gasteiger partial charge in [-0.1, -0.05) is 12.1 Å². The van der Waals surface area contributed by atoms with Crippen LogP contribution in [0.2, 0.25) is 0 Å². The number of methoxy groups -OCH3 is 2. The second-order valence-corrected chi connectivity index (χ2v) is 8.88. The maximum absolute atomic E-state index is 12.4. The summed E-state index contributed by atoms with van der Waals surface area (Å²) in [5.41, 5.74) is 2.53. The highest BCUT2D eigenvalue weighted by Gasteiger charge is 2.21. The molecule has 32 heavy (non-hydrogen) atoms. The Morgan fingerprint density at radius 1 is 0.969 bits per heavy atom. The van der Waals surface area contributed by atoms with Crippen LogP contribution in [0.25, 0.3) is 0 Å². The van der Waals surface area contributed by atoms with Crippen molar-refractivity contribution in [3.05, 3.63) is 53.1 Å². The number of benzene rings is 2. The van der Waals surface area contributed by atoms with Gasteiger partial charge in [0.2, 0.25) is 10.0 Å². The Hall–Kier alpha value is -3.11. The number of aryl methyl sites for hydroxylation is 2. The van der Waals surface area contributed by atoms with Gasteiger partial charge in [-0.25, -0.2) is 8.42 Å². The number of hydrogen-bond acceptors (Lipinski definition) is 7. The van der Waals surface area contributed by atoms with E-state index in [0.29, 0.717) is 11.5 Å². The molecule has 1 unspecified atom stereocenters. The van der Waals surface area contributed by atoms with E-state index in [2.05, 4.69) is 10.0 Å². The Balaban J connectivity index is 1.86. The number of ether oxygens (including phenoxy) is 3. The highest BCUT2D eigenvalue weighted by Crippen LogP contribution is 2.27. The monoisotopic (exact) mass is 464 g/mol. The summed E-state index contributed by atoms with van der Waals surface area (Å²) in [5.74, 6) is -0.306. The number of carbonyl (C=O) groups is 2. The summed E-state index contributed by atoms with van der Waals surface area (Å²) in [6, 6.07) is 9.86. The van der Waals surface area contributed by atoms with E-state index in [-0.39, 0.29) is 11.4 Å². The van der Waals surface area contributed by atoms with E-state index in [0.717, 1.165) is 16.7 Å². The van der Waals surface area contributed by atoms with Crippen molar-refractivity contribution in [1.82, 2.24) is 10.0 Å². The fourth-order valence-corrected chi connectivity index (χ4v) is 3.79. The number of esters is 1. The number of nitrogens with one attached hydrogen (secondary N) is 2. The maximum Gasteiger partial charge on any atom is 0.321 e. The van der Waals surface area contributed by atoms with Crippen LogP contribution in [0, 0.1) is 13.8 Å². The lowest BCUT2D eigenvalue weighted by Gasteiger charge is -2.15. The van der Waals surface area contributed by atoms with E-state index in [9.17, 15) is 18.0 Å². The Kier molecular flexibility index (Phi) is 8.62. The van der Waals surface area contributed by atoms with Crippen molar-refractivity contribution in [2.24, 2.45) is 0 Å². The van der Waals surface area contributed by atoms with Gasteiger partial charge in [0.1, 0.15) is 6.54 Å². The van der Waals surface area contributed by atoms with Gasteiger partial charge in [0.15, 0.2) is 17.6 Å². The molecule has 1 atom stereocenters. The smallest absolute Gasteiger partial charge is 0.321 e. The fraction of sp³-hybridized carbons (Fsp3) is 0.364. The largest absolute Gasteiger partial charge is 0.493 e. The van der Waals surface area contributed by atoms with E-state index < -0.39 is 34.5 Å². The third-order valence-corrected chi connectivity index (χ3v) is 6.19. The molecule has 2 aromatic carbocycles. The number of hydrogen-bond donors (Lipinski definition) is 2. The number of sulfonamides is 1. The fourth-order valence-electron chi connectivity index (χ4n) is 2.73. The SMILES string of the molecule is COc1ccc(CNC(=O)C(C)OC(=O)CNS(=O)(=O)c2ccc(C)c(C)c2)cc1OC. The van der Waals surface area contributed by atoms with Gasteiger partial charge in [0.25, 0.3) is 5.91 Å². The molecule has 9 nitrogen and oxygen atoms in total. The molecule has 2 rings (SSSR count). The van der Waals surface area contributed by atoms with E-state index in [1.165, 1.54) is 33.3 Å². The predicted molar refractivity (Wildman–Crippen MR) is 118 cm³/mol. The zero-order chi connectivity index (χ0) is 23.9. The van der Waals surface area contributed by atoms with Gasteiger partial charge < -0.3 is 19.5 Å². The first kappa shape index (κ1) is 25.2. The molecular weight excluding hydrogens is 436 g/mol. The molecule has 2 aromatic rings. The molecule has 2 N–H and O–H groups in total. The summed E-state index contributed by atoms with van der Waals surface area (Å²) >= 11 is 0. The molecule has 0 aromatic heterocycles. The summed E-state index contributed by atoms with van der Waals surface area (Å²) in [6.45, 7) is 4.65. The first-order valence-corrected chi connectivity index (χ1v) is 11.3. The molecule has 0 aliphatic carbocycles. The summed E-state index contributed by atoms with van der Waals surface area (Å²) in [4.78, 5) is 24.3. The highest BCUT2D eigenvalue weighted by molar-refractivity contribution is 7.89. The first-order chi connectivity index (χ1) is 15.1. The highest BCUT2D eigenvalue weighted by atomic mass is 32.2. The van der Waals surface area contributed by atoms with E-state index in [4.69, 9.17) is 14.2 Å². The van der Waals surface area contributed by atoms with Gasteiger partial charge in [0.05, 0.1) is 19.1 Å².